The molecule has 0 aliphatic carbocycles. The van der Waals surface area contributed by atoms with E-state index in [0.717, 1.165) is 11.5 Å². The second-order valence-corrected chi connectivity index (χ2v) is 8.32. The minimum absolute atomic E-state index is 0.352. The fourth-order valence-corrected chi connectivity index (χ4v) is 5.23. The first-order chi connectivity index (χ1) is 12.1. The molecule has 0 unspecified atom stereocenters. The minimum Gasteiger partial charge on any atom is -0.449 e. The van der Waals surface area contributed by atoms with Crippen LogP contribution in [-0.2, 0) is 9.53 Å². The smallest absolute Gasteiger partial charge is 0.338 e. The summed E-state index contributed by atoms with van der Waals surface area (Å²) in [5.41, 5.74) is 2.33. The molecule has 0 radical (unpaired) electrons. The van der Waals surface area contributed by atoms with Gasteiger partial charge in [-0.1, -0.05) is 30.3 Å². The predicted molar refractivity (Wildman–Crippen MR) is 104 cm³/mol. The first kappa shape index (κ1) is 17.9. The monoisotopic (exact) mass is 373 g/mol. The van der Waals surface area contributed by atoms with Gasteiger partial charge in [-0.15, -0.1) is 23.5 Å². The molecule has 0 bridgehead atoms. The van der Waals surface area contributed by atoms with Gasteiger partial charge in [0, 0.05) is 17.2 Å². The van der Waals surface area contributed by atoms with Gasteiger partial charge in [0.15, 0.2) is 6.10 Å². The standard InChI is InChI=1S/C19H19NO3S2/c1-13(17(21)20-16-5-3-2-4-6-16)23-18(22)14-7-9-15(10-8-14)19-24-11-12-25-19/h2-10,13,19H,11-12H2,1H3,(H,20,21)/t13-/m0/s1. The summed E-state index contributed by atoms with van der Waals surface area (Å²) in [4.78, 5) is 24.3. The Morgan fingerprint density at radius 2 is 1.68 bits per heavy atom. The Kier molecular flexibility index (Phi) is 6.04. The lowest BCUT2D eigenvalue weighted by molar-refractivity contribution is -0.123. The van der Waals surface area contributed by atoms with Crippen molar-refractivity contribution in [2.75, 3.05) is 16.8 Å². The van der Waals surface area contributed by atoms with Crippen LogP contribution in [0.1, 0.15) is 27.4 Å². The molecule has 0 aromatic heterocycles. The average molecular weight is 373 g/mol. The van der Waals surface area contributed by atoms with Crippen LogP contribution in [0.15, 0.2) is 54.6 Å². The maximum Gasteiger partial charge on any atom is 0.338 e. The molecule has 1 atom stereocenters. The summed E-state index contributed by atoms with van der Waals surface area (Å²) >= 11 is 3.84. The highest BCUT2D eigenvalue weighted by Gasteiger charge is 2.21. The van der Waals surface area contributed by atoms with Crippen LogP contribution in [0.25, 0.3) is 0 Å². The summed E-state index contributed by atoms with van der Waals surface area (Å²) in [6.45, 7) is 1.57. The second kappa shape index (κ2) is 8.45. The van der Waals surface area contributed by atoms with Crippen molar-refractivity contribution < 1.29 is 14.3 Å². The first-order valence-corrected chi connectivity index (χ1v) is 10.1. The van der Waals surface area contributed by atoms with Gasteiger partial charge >= 0.3 is 5.97 Å². The molecule has 4 nitrogen and oxygen atoms in total. The van der Waals surface area contributed by atoms with Gasteiger partial charge < -0.3 is 10.1 Å². The van der Waals surface area contributed by atoms with E-state index in [4.69, 9.17) is 4.74 Å². The largest absolute Gasteiger partial charge is 0.449 e. The number of rotatable bonds is 5. The predicted octanol–water partition coefficient (Wildman–Crippen LogP) is 4.35. The van der Waals surface area contributed by atoms with Gasteiger partial charge in [-0.3, -0.25) is 4.79 Å². The van der Waals surface area contributed by atoms with Crippen molar-refractivity contribution >= 4 is 41.1 Å². The summed E-state index contributed by atoms with van der Waals surface area (Å²) in [7, 11) is 0. The van der Waals surface area contributed by atoms with Gasteiger partial charge in [0.05, 0.1) is 10.1 Å². The van der Waals surface area contributed by atoms with Crippen molar-refractivity contribution in [3.8, 4) is 0 Å². The van der Waals surface area contributed by atoms with Crippen molar-refractivity contribution in [1.29, 1.82) is 0 Å². The molecule has 25 heavy (non-hydrogen) atoms. The highest BCUT2D eigenvalue weighted by molar-refractivity contribution is 8.19. The maximum atomic E-state index is 12.2. The number of carbonyl (C=O) groups excluding carboxylic acids is 2. The fourth-order valence-electron chi connectivity index (χ4n) is 2.37. The lowest BCUT2D eigenvalue weighted by Gasteiger charge is -2.14. The number of carbonyl (C=O) groups is 2. The van der Waals surface area contributed by atoms with E-state index in [2.05, 4.69) is 5.32 Å². The van der Waals surface area contributed by atoms with Crippen molar-refractivity contribution in [3.63, 3.8) is 0 Å². The number of hydrogen-bond acceptors (Lipinski definition) is 5. The van der Waals surface area contributed by atoms with Crippen LogP contribution in [0.4, 0.5) is 5.69 Å². The Morgan fingerprint density at radius 1 is 1.04 bits per heavy atom. The summed E-state index contributed by atoms with van der Waals surface area (Å²) < 4.78 is 5.72. The molecule has 1 N–H and O–H groups in total. The topological polar surface area (TPSA) is 55.4 Å². The fraction of sp³-hybridized carbons (Fsp3) is 0.263. The van der Waals surface area contributed by atoms with E-state index in [1.54, 1.807) is 31.2 Å². The van der Waals surface area contributed by atoms with Gasteiger partial charge in [-0.2, -0.15) is 0 Å². The second-order valence-electron chi connectivity index (χ2n) is 5.60. The molecule has 1 heterocycles. The molecule has 0 spiro atoms. The van der Waals surface area contributed by atoms with E-state index in [1.165, 1.54) is 5.56 Å². The van der Waals surface area contributed by atoms with Gasteiger partial charge in [-0.05, 0) is 36.8 Å². The van der Waals surface area contributed by atoms with Crippen LogP contribution < -0.4 is 5.32 Å². The van der Waals surface area contributed by atoms with E-state index in [-0.39, 0.29) is 5.91 Å². The Bertz CT molecular complexity index is 728. The van der Waals surface area contributed by atoms with E-state index in [1.807, 2.05) is 53.9 Å². The van der Waals surface area contributed by atoms with Crippen molar-refractivity contribution in [2.24, 2.45) is 0 Å². The summed E-state index contributed by atoms with van der Waals surface area (Å²) in [5.74, 6) is 1.48. The van der Waals surface area contributed by atoms with E-state index >= 15 is 0 Å². The highest BCUT2D eigenvalue weighted by Crippen LogP contribution is 2.45. The Morgan fingerprint density at radius 3 is 2.32 bits per heavy atom. The van der Waals surface area contributed by atoms with Gasteiger partial charge in [0.25, 0.3) is 5.91 Å². The number of esters is 1. The van der Waals surface area contributed by atoms with Crippen LogP contribution in [-0.4, -0.2) is 29.5 Å². The van der Waals surface area contributed by atoms with Gasteiger partial charge in [0.1, 0.15) is 0 Å². The molecular weight excluding hydrogens is 354 g/mol. The zero-order valence-electron chi connectivity index (χ0n) is 13.8. The van der Waals surface area contributed by atoms with Crippen LogP contribution >= 0.6 is 23.5 Å². The van der Waals surface area contributed by atoms with Gasteiger partial charge in [0.2, 0.25) is 0 Å². The molecule has 1 saturated heterocycles. The van der Waals surface area contributed by atoms with Crippen LogP contribution in [0, 0.1) is 0 Å². The molecule has 3 rings (SSSR count). The van der Waals surface area contributed by atoms with Crippen LogP contribution in [0.5, 0.6) is 0 Å². The lowest BCUT2D eigenvalue weighted by Crippen LogP contribution is -2.29. The van der Waals surface area contributed by atoms with Crippen molar-refractivity contribution in [2.45, 2.75) is 17.6 Å². The van der Waals surface area contributed by atoms with Crippen LogP contribution in [0.3, 0.4) is 0 Å². The molecule has 1 amide bonds. The molecule has 2 aromatic rings. The third kappa shape index (κ3) is 4.80. The molecule has 1 aliphatic heterocycles. The van der Waals surface area contributed by atoms with Gasteiger partial charge in [-0.25, -0.2) is 4.79 Å². The van der Waals surface area contributed by atoms with Crippen molar-refractivity contribution in [3.05, 3.63) is 65.7 Å². The summed E-state index contributed by atoms with van der Waals surface area (Å²) in [5, 5.41) is 2.72. The normalized spacial score (nSPS) is 15.6. The third-order valence-corrected chi connectivity index (χ3v) is 6.84. The lowest BCUT2D eigenvalue weighted by atomic mass is 10.1. The molecule has 130 valence electrons. The minimum atomic E-state index is -0.867. The zero-order chi connectivity index (χ0) is 17.6. The molecule has 2 aromatic carbocycles. The maximum absolute atomic E-state index is 12.2. The quantitative estimate of drug-likeness (QED) is 0.790. The first-order valence-electron chi connectivity index (χ1n) is 8.03. The van der Waals surface area contributed by atoms with E-state index in [9.17, 15) is 9.59 Å². The molecule has 1 aliphatic rings. The Labute approximate surface area is 155 Å². The van der Waals surface area contributed by atoms with E-state index < -0.39 is 12.1 Å². The number of nitrogens with one attached hydrogen (secondary N) is 1. The Hall–Kier alpha value is -1.92. The third-order valence-electron chi connectivity index (χ3n) is 3.73. The average Bonchev–Trinajstić information content (AvgIpc) is 3.17. The Balaban J connectivity index is 1.56. The molecule has 6 heteroatoms. The van der Waals surface area contributed by atoms with Crippen molar-refractivity contribution in [1.82, 2.24) is 0 Å². The summed E-state index contributed by atoms with van der Waals surface area (Å²) in [6, 6.07) is 16.5. The molecule has 1 fully saturated rings. The number of thioether (sulfide) groups is 2. The SMILES string of the molecule is C[C@H](OC(=O)c1ccc(C2SCCS2)cc1)C(=O)Nc1ccccc1. The van der Waals surface area contributed by atoms with Crippen LogP contribution in [0.2, 0.25) is 0 Å². The number of ether oxygens (including phenoxy) is 1. The number of amides is 1. The van der Waals surface area contributed by atoms with E-state index in [0.29, 0.717) is 15.8 Å². The summed E-state index contributed by atoms with van der Waals surface area (Å²) in [6.07, 6.45) is -0.867. The zero-order valence-corrected chi connectivity index (χ0v) is 15.4. The molecular formula is C19H19NO3S2. The number of benzene rings is 2. The molecule has 0 saturated carbocycles. The number of hydrogen-bond donors (Lipinski definition) is 1. The number of para-hydroxylation sites is 1. The highest BCUT2D eigenvalue weighted by atomic mass is 32.2. The number of anilines is 1.